The van der Waals surface area contributed by atoms with Crippen molar-refractivity contribution in [1.82, 2.24) is 15.0 Å². The van der Waals surface area contributed by atoms with Crippen molar-refractivity contribution in [2.45, 2.75) is 6.42 Å². The molecule has 2 heterocycles. The number of fused-ring (bicyclic) bond motifs is 1. The third-order valence-corrected chi connectivity index (χ3v) is 5.30. The van der Waals surface area contributed by atoms with Crippen LogP contribution in [0.25, 0.3) is 10.2 Å². The molecule has 0 radical (unpaired) electrons. The first-order chi connectivity index (χ1) is 14.5. The van der Waals surface area contributed by atoms with Gasteiger partial charge in [0.15, 0.2) is 5.13 Å². The van der Waals surface area contributed by atoms with E-state index in [1.807, 2.05) is 36.4 Å². The highest BCUT2D eigenvalue weighted by molar-refractivity contribution is 7.22. The number of hydrogen-bond acceptors (Lipinski definition) is 7. The molecule has 9 heteroatoms. The molecule has 0 unspecified atom stereocenters. The van der Waals surface area contributed by atoms with E-state index in [1.54, 1.807) is 20.3 Å². The van der Waals surface area contributed by atoms with Gasteiger partial charge in [0.25, 0.3) is 11.5 Å². The van der Waals surface area contributed by atoms with Crippen LogP contribution >= 0.6 is 11.3 Å². The van der Waals surface area contributed by atoms with Crippen LogP contribution in [0.15, 0.2) is 53.3 Å². The quantitative estimate of drug-likeness (QED) is 0.494. The number of H-pyrrole nitrogens is 1. The zero-order chi connectivity index (χ0) is 21.1. The maximum Gasteiger partial charge on any atom is 0.276 e. The summed E-state index contributed by atoms with van der Waals surface area (Å²) in [5.74, 6) is 1.35. The van der Waals surface area contributed by atoms with Crippen molar-refractivity contribution in [3.8, 4) is 11.5 Å². The molecule has 0 spiro atoms. The molecule has 30 heavy (non-hydrogen) atoms. The predicted molar refractivity (Wildman–Crippen MR) is 115 cm³/mol. The summed E-state index contributed by atoms with van der Waals surface area (Å²) in [7, 11) is 3.19. The summed E-state index contributed by atoms with van der Waals surface area (Å²) in [6.45, 7) is 0. The Morgan fingerprint density at radius 2 is 1.77 bits per heavy atom. The van der Waals surface area contributed by atoms with E-state index in [2.05, 4.69) is 20.3 Å². The third kappa shape index (κ3) is 4.31. The lowest BCUT2D eigenvalue weighted by molar-refractivity contribution is 0.102. The van der Waals surface area contributed by atoms with Gasteiger partial charge in [-0.15, -0.1) is 0 Å². The fourth-order valence-corrected chi connectivity index (χ4v) is 3.78. The van der Waals surface area contributed by atoms with Crippen LogP contribution in [-0.4, -0.2) is 35.1 Å². The highest BCUT2D eigenvalue weighted by atomic mass is 32.1. The van der Waals surface area contributed by atoms with Gasteiger partial charge in [0.1, 0.15) is 23.0 Å². The Labute approximate surface area is 175 Å². The minimum Gasteiger partial charge on any atom is -0.497 e. The molecule has 1 amide bonds. The Bertz CT molecular complexity index is 1260. The molecule has 0 aliphatic rings. The van der Waals surface area contributed by atoms with Gasteiger partial charge in [-0.3, -0.25) is 14.9 Å². The summed E-state index contributed by atoms with van der Waals surface area (Å²) in [6.07, 6.45) is 0.376. The van der Waals surface area contributed by atoms with E-state index >= 15 is 0 Å². The van der Waals surface area contributed by atoms with E-state index in [9.17, 15) is 9.59 Å². The summed E-state index contributed by atoms with van der Waals surface area (Å²) in [5, 5.41) is 3.13. The number of ether oxygens (including phenoxy) is 2. The normalized spacial score (nSPS) is 10.7. The zero-order valence-electron chi connectivity index (χ0n) is 16.3. The van der Waals surface area contributed by atoms with Gasteiger partial charge >= 0.3 is 0 Å². The van der Waals surface area contributed by atoms with Crippen LogP contribution < -0.4 is 20.3 Å². The molecule has 4 aromatic rings. The number of hydrogen-bond donors (Lipinski definition) is 2. The summed E-state index contributed by atoms with van der Waals surface area (Å²) in [5.41, 5.74) is 1.30. The maximum atomic E-state index is 12.7. The van der Waals surface area contributed by atoms with E-state index in [4.69, 9.17) is 9.47 Å². The van der Waals surface area contributed by atoms with Crippen LogP contribution in [0.1, 0.15) is 21.9 Å². The van der Waals surface area contributed by atoms with E-state index in [1.165, 1.54) is 17.4 Å². The summed E-state index contributed by atoms with van der Waals surface area (Å²) in [4.78, 5) is 36.1. The molecule has 0 fully saturated rings. The number of methoxy groups -OCH3 is 2. The highest BCUT2D eigenvalue weighted by Crippen LogP contribution is 2.29. The van der Waals surface area contributed by atoms with Crippen molar-refractivity contribution in [2.75, 3.05) is 19.5 Å². The number of nitrogens with one attached hydrogen (secondary N) is 2. The number of aromatic nitrogens is 3. The van der Waals surface area contributed by atoms with Gasteiger partial charge in [0.2, 0.25) is 0 Å². The molecule has 2 aromatic carbocycles. The molecule has 0 aliphatic carbocycles. The molecule has 0 aliphatic heterocycles. The fourth-order valence-electron chi connectivity index (χ4n) is 2.89. The van der Waals surface area contributed by atoms with Crippen molar-refractivity contribution >= 4 is 32.6 Å². The van der Waals surface area contributed by atoms with Crippen LogP contribution in [0.4, 0.5) is 5.13 Å². The van der Waals surface area contributed by atoms with Crippen molar-refractivity contribution in [2.24, 2.45) is 0 Å². The van der Waals surface area contributed by atoms with Gasteiger partial charge in [-0.1, -0.05) is 23.5 Å². The average Bonchev–Trinajstić information content (AvgIpc) is 3.15. The molecular weight excluding hydrogens is 404 g/mol. The summed E-state index contributed by atoms with van der Waals surface area (Å²) < 4.78 is 11.2. The lowest BCUT2D eigenvalue weighted by atomic mass is 10.1. The number of carbonyl (C=O) groups excluding carboxylic acids is 1. The van der Waals surface area contributed by atoms with Crippen molar-refractivity contribution < 1.29 is 14.3 Å². The SMILES string of the molecule is COc1ccc(Cc2nc(C(=O)Nc3nc4ccc(OC)cc4s3)cc(=O)[nH]2)cc1. The molecule has 152 valence electrons. The average molecular weight is 422 g/mol. The molecular formula is C21H18N4O4S. The molecule has 8 nitrogen and oxygen atoms in total. The van der Waals surface area contributed by atoms with Crippen LogP contribution in [0, 0.1) is 0 Å². The lowest BCUT2D eigenvalue weighted by Gasteiger charge is -2.05. The van der Waals surface area contributed by atoms with E-state index in [0.717, 1.165) is 21.5 Å². The molecule has 2 aromatic heterocycles. The van der Waals surface area contributed by atoms with Crippen LogP contribution in [0.5, 0.6) is 11.5 Å². The number of thiazole rings is 1. The molecule has 0 saturated heterocycles. The van der Waals surface area contributed by atoms with Crippen molar-refractivity contribution in [3.63, 3.8) is 0 Å². The lowest BCUT2D eigenvalue weighted by Crippen LogP contribution is -2.20. The van der Waals surface area contributed by atoms with Gasteiger partial charge in [-0.25, -0.2) is 9.97 Å². The Hall–Kier alpha value is -3.72. The molecule has 4 rings (SSSR count). The van der Waals surface area contributed by atoms with E-state index in [-0.39, 0.29) is 5.69 Å². The zero-order valence-corrected chi connectivity index (χ0v) is 17.1. The van der Waals surface area contributed by atoms with Crippen molar-refractivity contribution in [3.05, 3.63) is 76.0 Å². The molecule has 0 bridgehead atoms. The first-order valence-corrected chi connectivity index (χ1v) is 9.85. The van der Waals surface area contributed by atoms with E-state index < -0.39 is 11.5 Å². The molecule has 2 N–H and O–H groups in total. The molecule has 0 saturated carbocycles. The second-order valence-electron chi connectivity index (χ2n) is 6.41. The first-order valence-electron chi connectivity index (χ1n) is 9.03. The number of carbonyl (C=O) groups is 1. The van der Waals surface area contributed by atoms with Gasteiger partial charge in [0, 0.05) is 12.5 Å². The second-order valence-corrected chi connectivity index (χ2v) is 7.44. The van der Waals surface area contributed by atoms with Crippen molar-refractivity contribution in [1.29, 1.82) is 0 Å². The van der Waals surface area contributed by atoms with Gasteiger partial charge in [-0.2, -0.15) is 0 Å². The number of benzene rings is 2. The topological polar surface area (TPSA) is 106 Å². The fraction of sp³-hybridized carbons (Fsp3) is 0.143. The predicted octanol–water partition coefficient (Wildman–Crippen LogP) is 3.24. The number of nitrogens with zero attached hydrogens (tertiary/aromatic N) is 2. The third-order valence-electron chi connectivity index (χ3n) is 4.37. The molecule has 0 atom stereocenters. The first kappa shape index (κ1) is 19.6. The standard InChI is InChI=1S/C21H18N4O4S/c1-28-13-5-3-12(4-6-13)9-18-22-16(11-19(26)24-18)20(27)25-21-23-15-8-7-14(29-2)10-17(15)30-21/h3-8,10-11H,9H2,1-2H3,(H,22,24,26)(H,23,25,27). The largest absolute Gasteiger partial charge is 0.497 e. The summed E-state index contributed by atoms with van der Waals surface area (Å²) >= 11 is 1.32. The smallest absolute Gasteiger partial charge is 0.276 e. The minimum atomic E-state index is -0.497. The second kappa shape index (κ2) is 8.34. The van der Waals surface area contributed by atoms with Gasteiger partial charge in [-0.05, 0) is 35.9 Å². The Balaban J connectivity index is 1.54. The minimum absolute atomic E-state index is 0.0269. The number of amides is 1. The maximum absolute atomic E-state index is 12.7. The van der Waals surface area contributed by atoms with Crippen LogP contribution in [-0.2, 0) is 6.42 Å². The Morgan fingerprint density at radius 1 is 1.03 bits per heavy atom. The number of rotatable bonds is 6. The number of aromatic amines is 1. The van der Waals surface area contributed by atoms with Gasteiger partial charge < -0.3 is 14.5 Å². The number of anilines is 1. The summed E-state index contributed by atoms with van der Waals surface area (Å²) in [6, 6.07) is 14.0. The monoisotopic (exact) mass is 422 g/mol. The van der Waals surface area contributed by atoms with E-state index in [0.29, 0.717) is 23.1 Å². The Kier molecular flexibility index (Phi) is 5.44. The Morgan fingerprint density at radius 3 is 2.50 bits per heavy atom. The highest BCUT2D eigenvalue weighted by Gasteiger charge is 2.14. The van der Waals surface area contributed by atoms with Gasteiger partial charge in [0.05, 0.1) is 24.4 Å². The van der Waals surface area contributed by atoms with Crippen LogP contribution in [0.3, 0.4) is 0 Å². The van der Waals surface area contributed by atoms with Crippen LogP contribution in [0.2, 0.25) is 0 Å².